The van der Waals surface area contributed by atoms with Crippen molar-refractivity contribution in [2.45, 2.75) is 31.7 Å². The fraction of sp³-hybridized carbons (Fsp3) is 0.692. The molecule has 0 aliphatic carbocycles. The fourth-order valence-electron chi connectivity index (χ4n) is 2.16. The molecule has 1 saturated heterocycles. The van der Waals surface area contributed by atoms with Gasteiger partial charge in [-0.15, -0.1) is 0 Å². The molecule has 0 radical (unpaired) electrons. The van der Waals surface area contributed by atoms with E-state index in [1.807, 2.05) is 6.92 Å². The summed E-state index contributed by atoms with van der Waals surface area (Å²) in [5, 5.41) is 16.6. The van der Waals surface area contributed by atoms with Crippen molar-refractivity contribution in [2.75, 3.05) is 37.9 Å². The number of aromatic nitrogens is 2. The van der Waals surface area contributed by atoms with E-state index in [0.29, 0.717) is 43.6 Å². The smallest absolute Gasteiger partial charge is 0.158 e. The van der Waals surface area contributed by atoms with Crippen molar-refractivity contribution in [3.8, 4) is 0 Å². The van der Waals surface area contributed by atoms with Crippen LogP contribution >= 0.6 is 0 Å². The van der Waals surface area contributed by atoms with Crippen LogP contribution in [-0.4, -0.2) is 54.1 Å². The van der Waals surface area contributed by atoms with Gasteiger partial charge in [0.2, 0.25) is 0 Å². The first-order valence-electron chi connectivity index (χ1n) is 6.70. The molecule has 1 aromatic rings. The zero-order valence-electron chi connectivity index (χ0n) is 12.1. The maximum absolute atomic E-state index is 10.4. The van der Waals surface area contributed by atoms with Crippen molar-refractivity contribution in [2.24, 2.45) is 0 Å². The molecule has 112 valence electrons. The first-order chi connectivity index (χ1) is 9.57. The summed E-state index contributed by atoms with van der Waals surface area (Å²) in [6.07, 6.45) is 0.440. The van der Waals surface area contributed by atoms with Gasteiger partial charge in [-0.25, -0.2) is 9.97 Å². The Morgan fingerprint density at radius 2 is 2.25 bits per heavy atom. The van der Waals surface area contributed by atoms with Crippen molar-refractivity contribution in [3.63, 3.8) is 0 Å². The molecule has 7 heteroatoms. The molecular weight excluding hydrogens is 260 g/mol. The Morgan fingerprint density at radius 1 is 1.50 bits per heavy atom. The van der Waals surface area contributed by atoms with Crippen LogP contribution in [0.2, 0.25) is 0 Å². The minimum atomic E-state index is -0.855. The lowest BCUT2D eigenvalue weighted by atomic mass is 9.97. The van der Waals surface area contributed by atoms with Gasteiger partial charge in [-0.3, -0.25) is 0 Å². The van der Waals surface area contributed by atoms with Crippen LogP contribution < -0.4 is 10.6 Å². The highest BCUT2D eigenvalue weighted by Gasteiger charge is 2.39. The highest BCUT2D eigenvalue weighted by molar-refractivity contribution is 5.47. The summed E-state index contributed by atoms with van der Waals surface area (Å²) in [6.45, 7) is 3.19. The molecule has 1 fully saturated rings. The average Bonchev–Trinajstić information content (AvgIpc) is 2.77. The standard InChI is InChI=1S/C13H22N4O3/c1-9-13(18,4-5-20-9)8-15-11-6-10(14-2)16-12(17-11)7-19-3/h6,9,18H,4-5,7-8H2,1-3H3,(H2,14,15,16,17). The molecule has 20 heavy (non-hydrogen) atoms. The molecule has 0 bridgehead atoms. The maximum atomic E-state index is 10.4. The molecule has 1 aliphatic rings. The number of hydrogen-bond acceptors (Lipinski definition) is 7. The minimum absolute atomic E-state index is 0.181. The highest BCUT2D eigenvalue weighted by Crippen LogP contribution is 2.26. The maximum Gasteiger partial charge on any atom is 0.158 e. The summed E-state index contributed by atoms with van der Waals surface area (Å²) < 4.78 is 10.5. The van der Waals surface area contributed by atoms with Gasteiger partial charge >= 0.3 is 0 Å². The van der Waals surface area contributed by atoms with Gasteiger partial charge in [0.15, 0.2) is 5.82 Å². The van der Waals surface area contributed by atoms with Crippen LogP contribution in [-0.2, 0) is 16.1 Å². The molecule has 2 atom stereocenters. The van der Waals surface area contributed by atoms with Crippen LogP contribution in [0, 0.1) is 0 Å². The predicted octanol–water partition coefficient (Wildman–Crippen LogP) is 0.616. The van der Waals surface area contributed by atoms with E-state index in [-0.39, 0.29) is 6.10 Å². The minimum Gasteiger partial charge on any atom is -0.385 e. The zero-order valence-corrected chi connectivity index (χ0v) is 12.1. The van der Waals surface area contributed by atoms with Crippen LogP contribution in [0.25, 0.3) is 0 Å². The number of nitrogens with one attached hydrogen (secondary N) is 2. The number of rotatable bonds is 6. The molecule has 0 aromatic carbocycles. The van der Waals surface area contributed by atoms with Crippen LogP contribution in [0.5, 0.6) is 0 Å². The quantitative estimate of drug-likeness (QED) is 0.704. The first-order valence-corrected chi connectivity index (χ1v) is 6.70. The molecule has 0 spiro atoms. The molecule has 2 rings (SSSR count). The van der Waals surface area contributed by atoms with E-state index in [9.17, 15) is 5.11 Å². The Hall–Kier alpha value is -1.44. The lowest BCUT2D eigenvalue weighted by Crippen LogP contribution is -2.43. The lowest BCUT2D eigenvalue weighted by molar-refractivity contribution is -0.0176. The molecule has 1 aromatic heterocycles. The Bertz CT molecular complexity index is 457. The van der Waals surface area contributed by atoms with Gasteiger partial charge in [0, 0.05) is 39.8 Å². The van der Waals surface area contributed by atoms with Crippen LogP contribution in [0.15, 0.2) is 6.07 Å². The van der Waals surface area contributed by atoms with Crippen LogP contribution in [0.3, 0.4) is 0 Å². The Morgan fingerprint density at radius 3 is 2.85 bits per heavy atom. The van der Waals surface area contributed by atoms with Gasteiger partial charge in [-0.2, -0.15) is 0 Å². The summed E-state index contributed by atoms with van der Waals surface area (Å²) in [6, 6.07) is 1.79. The normalized spacial score (nSPS) is 25.7. The highest BCUT2D eigenvalue weighted by atomic mass is 16.5. The van der Waals surface area contributed by atoms with Crippen molar-refractivity contribution in [1.82, 2.24) is 9.97 Å². The third-order valence-corrected chi connectivity index (χ3v) is 3.54. The first kappa shape index (κ1) is 15.0. The number of methoxy groups -OCH3 is 1. The summed E-state index contributed by atoms with van der Waals surface area (Å²) in [5.41, 5.74) is -0.855. The number of nitrogens with zero attached hydrogens (tertiary/aromatic N) is 2. The topological polar surface area (TPSA) is 88.5 Å². The zero-order chi connectivity index (χ0) is 14.6. The van der Waals surface area contributed by atoms with Crippen molar-refractivity contribution in [3.05, 3.63) is 11.9 Å². The second-order valence-corrected chi connectivity index (χ2v) is 4.96. The molecule has 2 heterocycles. The molecule has 3 N–H and O–H groups in total. The van der Waals surface area contributed by atoms with Crippen LogP contribution in [0.4, 0.5) is 11.6 Å². The summed E-state index contributed by atoms with van der Waals surface area (Å²) in [7, 11) is 3.39. The molecule has 7 nitrogen and oxygen atoms in total. The number of hydrogen-bond donors (Lipinski definition) is 3. The summed E-state index contributed by atoms with van der Waals surface area (Å²) in [4.78, 5) is 8.63. The number of anilines is 2. The van der Waals surface area contributed by atoms with E-state index in [0.717, 1.165) is 0 Å². The largest absolute Gasteiger partial charge is 0.385 e. The molecular formula is C13H22N4O3. The number of ether oxygens (including phenoxy) is 2. The second kappa shape index (κ2) is 6.34. The predicted molar refractivity (Wildman–Crippen MR) is 75.8 cm³/mol. The van der Waals surface area contributed by atoms with Gasteiger partial charge in [-0.1, -0.05) is 0 Å². The monoisotopic (exact) mass is 282 g/mol. The van der Waals surface area contributed by atoms with Gasteiger partial charge < -0.3 is 25.2 Å². The van der Waals surface area contributed by atoms with Gasteiger partial charge in [-0.05, 0) is 6.92 Å². The SMILES string of the molecule is CNc1cc(NCC2(O)CCOC2C)nc(COC)n1. The number of aliphatic hydroxyl groups is 1. The Balaban J connectivity index is 2.06. The van der Waals surface area contributed by atoms with Crippen molar-refractivity contribution in [1.29, 1.82) is 0 Å². The van der Waals surface area contributed by atoms with Crippen LogP contribution in [0.1, 0.15) is 19.2 Å². The van der Waals surface area contributed by atoms with Crippen molar-refractivity contribution < 1.29 is 14.6 Å². The van der Waals surface area contributed by atoms with E-state index in [1.54, 1.807) is 20.2 Å². The van der Waals surface area contributed by atoms with E-state index < -0.39 is 5.60 Å². The lowest BCUT2D eigenvalue weighted by Gasteiger charge is -2.26. The van der Waals surface area contributed by atoms with E-state index >= 15 is 0 Å². The van der Waals surface area contributed by atoms with E-state index in [1.165, 1.54) is 0 Å². The third-order valence-electron chi connectivity index (χ3n) is 3.54. The molecule has 1 aliphatic heterocycles. The summed E-state index contributed by atoms with van der Waals surface area (Å²) >= 11 is 0. The molecule has 0 amide bonds. The average molecular weight is 282 g/mol. The van der Waals surface area contributed by atoms with Gasteiger partial charge in [0.1, 0.15) is 23.8 Å². The Kier molecular flexibility index (Phi) is 4.74. The fourth-order valence-corrected chi connectivity index (χ4v) is 2.16. The Labute approximate surface area is 118 Å². The molecule has 2 unspecified atom stereocenters. The summed E-state index contributed by atoms with van der Waals surface area (Å²) in [5.74, 6) is 1.95. The third kappa shape index (κ3) is 3.36. The second-order valence-electron chi connectivity index (χ2n) is 4.96. The van der Waals surface area contributed by atoms with Gasteiger partial charge in [0.05, 0.1) is 6.10 Å². The van der Waals surface area contributed by atoms with E-state index in [4.69, 9.17) is 9.47 Å². The van der Waals surface area contributed by atoms with Crippen molar-refractivity contribution >= 4 is 11.6 Å². The van der Waals surface area contributed by atoms with Gasteiger partial charge in [0.25, 0.3) is 0 Å². The molecule has 0 saturated carbocycles. The van der Waals surface area contributed by atoms with E-state index in [2.05, 4.69) is 20.6 Å².